The molecule has 0 saturated carbocycles. The van der Waals surface area contributed by atoms with E-state index < -0.39 is 6.60 Å². The molecule has 4 aromatic carbocycles. The van der Waals surface area contributed by atoms with Gasteiger partial charge in [0, 0.05) is 0 Å². The maximum atomic E-state index is 2.51. The number of rotatable bonds is 4. The molecule has 0 unspecified atom stereocenters. The number of halogens is 1. The van der Waals surface area contributed by atoms with Crippen LogP contribution in [0.4, 0.5) is 0 Å². The Hall–Kier alpha value is -2.21. The van der Waals surface area contributed by atoms with Gasteiger partial charge in [-0.3, -0.25) is 0 Å². The van der Waals surface area contributed by atoms with Gasteiger partial charge in [-0.25, -0.2) is 0 Å². The Balaban J connectivity index is 0.00000225. The van der Waals surface area contributed by atoms with Gasteiger partial charge in [-0.15, -0.1) is 17.0 Å². The predicted octanol–water partition coefficient (Wildman–Crippen LogP) is 5.36. The Morgan fingerprint density at radius 2 is 0.786 bits per heavy atom. The third-order valence-electron chi connectivity index (χ3n) is 5.92. The molecule has 142 valence electrons. The Kier molecular flexibility index (Phi) is 5.89. The summed E-state index contributed by atoms with van der Waals surface area (Å²) in [5, 5.41) is 5.63. The first kappa shape index (κ1) is 20.5. The van der Waals surface area contributed by atoms with Gasteiger partial charge in [0.1, 0.15) is 0 Å². The summed E-state index contributed by atoms with van der Waals surface area (Å²) in [6.07, 6.45) is 0. The molecule has 0 N–H and O–H groups in total. The van der Waals surface area contributed by atoms with Gasteiger partial charge in [0.25, 0.3) is 0 Å². The van der Waals surface area contributed by atoms with Gasteiger partial charge in [-0.1, -0.05) is 0 Å². The van der Waals surface area contributed by atoms with Crippen LogP contribution >= 0.6 is 23.6 Å². The summed E-state index contributed by atoms with van der Waals surface area (Å²) in [7, 11) is 0. The van der Waals surface area contributed by atoms with Gasteiger partial charge in [-0.05, 0) is 0 Å². The van der Waals surface area contributed by atoms with Crippen LogP contribution in [0.2, 0.25) is 0 Å². The first-order chi connectivity index (χ1) is 13.2. The van der Waals surface area contributed by atoms with Crippen molar-refractivity contribution in [3.05, 3.63) is 121 Å². The summed E-state index contributed by atoms with van der Waals surface area (Å²) in [5.74, 6) is 0. The average molecular weight is 449 g/mol. The first-order valence-corrected chi connectivity index (χ1v) is 12.1. The van der Waals surface area contributed by atoms with Gasteiger partial charge in [0.2, 0.25) is 0 Å². The molecular weight excluding hydrogens is 423 g/mol. The van der Waals surface area contributed by atoms with Crippen LogP contribution in [0.3, 0.4) is 0 Å². The quantitative estimate of drug-likeness (QED) is 0.368. The summed E-state index contributed by atoms with van der Waals surface area (Å²) in [4.78, 5) is 0. The minimum absolute atomic E-state index is 0. The summed E-state index contributed by atoms with van der Waals surface area (Å²) in [6, 6.07) is 42.1. The molecule has 0 fully saturated rings. The van der Waals surface area contributed by atoms with Crippen molar-refractivity contribution in [2.45, 2.75) is 6.92 Å². The van der Waals surface area contributed by atoms with E-state index in [0.29, 0.717) is 0 Å². The molecule has 0 aliphatic rings. The van der Waals surface area contributed by atoms with Crippen molar-refractivity contribution in [1.29, 1.82) is 0 Å². The Labute approximate surface area is 179 Å². The van der Waals surface area contributed by atoms with Crippen molar-refractivity contribution in [1.82, 2.24) is 0 Å². The van der Waals surface area contributed by atoms with Crippen molar-refractivity contribution in [3.63, 3.8) is 0 Å². The molecule has 0 heterocycles. The van der Waals surface area contributed by atoms with Crippen LogP contribution in [0.5, 0.6) is 0 Å². The molecule has 0 aliphatic carbocycles. The van der Waals surface area contributed by atoms with Gasteiger partial charge >= 0.3 is 162 Å². The van der Waals surface area contributed by atoms with E-state index in [1.165, 1.54) is 26.8 Å². The molecule has 2 heteroatoms. The summed E-state index contributed by atoms with van der Waals surface area (Å²) < 4.78 is 0. The van der Waals surface area contributed by atoms with Crippen molar-refractivity contribution in [2.24, 2.45) is 0 Å². The molecule has 0 nitrogen and oxygen atoms in total. The zero-order valence-corrected chi connectivity index (χ0v) is 18.9. The fourth-order valence-electron chi connectivity index (χ4n) is 4.46. The van der Waals surface area contributed by atoms with E-state index in [1.54, 1.807) is 0 Å². The average Bonchev–Trinajstić information content (AvgIpc) is 2.75. The van der Waals surface area contributed by atoms with Crippen LogP contribution in [0, 0.1) is 6.92 Å². The van der Waals surface area contributed by atoms with E-state index in [2.05, 4.69) is 129 Å². The van der Waals surface area contributed by atoms with E-state index in [9.17, 15) is 0 Å². The third kappa shape index (κ3) is 2.94. The molecule has 4 rings (SSSR count). The van der Waals surface area contributed by atoms with Crippen LogP contribution in [0.25, 0.3) is 0 Å². The van der Waals surface area contributed by atoms with Crippen LogP contribution < -0.4 is 21.2 Å². The van der Waals surface area contributed by atoms with Crippen molar-refractivity contribution in [2.75, 3.05) is 6.66 Å². The van der Waals surface area contributed by atoms with E-state index >= 15 is 0 Å². The van der Waals surface area contributed by atoms with Crippen molar-refractivity contribution < 1.29 is 0 Å². The topological polar surface area (TPSA) is 0 Å². The Bertz CT molecular complexity index is 944. The number of hydrogen-bond donors (Lipinski definition) is 0. The monoisotopic (exact) mass is 448 g/mol. The Morgan fingerprint density at radius 3 is 1.14 bits per heavy atom. The molecule has 28 heavy (non-hydrogen) atoms. The molecule has 4 aromatic rings. The maximum absolute atomic E-state index is 2.86. The second-order valence-electron chi connectivity index (χ2n) is 7.36. The SMILES string of the molecule is Br.Cc1ccccc1P(C)(c1ccccc1)(c1ccccc1)c1ccccc1. The van der Waals surface area contributed by atoms with Gasteiger partial charge in [0.05, 0.1) is 0 Å². The van der Waals surface area contributed by atoms with Gasteiger partial charge in [-0.2, -0.15) is 0 Å². The molecule has 0 aliphatic heterocycles. The predicted molar refractivity (Wildman–Crippen MR) is 132 cm³/mol. The normalized spacial score (nSPS) is 12.4. The zero-order valence-electron chi connectivity index (χ0n) is 16.3. The molecule has 0 radical (unpaired) electrons. The number of hydrogen-bond acceptors (Lipinski definition) is 0. The van der Waals surface area contributed by atoms with E-state index in [0.717, 1.165) is 0 Å². The molecule has 0 bridgehead atoms. The standard InChI is InChI=1S/C26H25P.BrH/c1-22-14-12-13-21-26(22)27(2,23-15-6-3-7-16-23,24-17-8-4-9-18-24)25-19-10-5-11-20-25;/h3-21H,1-2H3;1H. The number of benzene rings is 4. The fraction of sp³-hybridized carbons (Fsp3) is 0.0769. The van der Waals surface area contributed by atoms with Crippen LogP contribution in [-0.2, 0) is 0 Å². The molecule has 0 atom stereocenters. The minimum atomic E-state index is -2.86. The van der Waals surface area contributed by atoms with E-state index in [4.69, 9.17) is 0 Å². The molecule has 0 aromatic heterocycles. The van der Waals surface area contributed by atoms with Crippen molar-refractivity contribution >= 4 is 44.8 Å². The Morgan fingerprint density at radius 1 is 0.464 bits per heavy atom. The van der Waals surface area contributed by atoms with Crippen molar-refractivity contribution in [3.8, 4) is 0 Å². The molecule has 0 saturated heterocycles. The van der Waals surface area contributed by atoms with Crippen LogP contribution in [0.1, 0.15) is 5.56 Å². The second-order valence-corrected chi connectivity index (χ2v) is 12.5. The molecule has 0 amide bonds. The summed E-state index contributed by atoms with van der Waals surface area (Å²) in [5.41, 5.74) is 1.34. The van der Waals surface area contributed by atoms with Crippen LogP contribution in [-0.4, -0.2) is 6.66 Å². The van der Waals surface area contributed by atoms with E-state index in [-0.39, 0.29) is 17.0 Å². The third-order valence-corrected chi connectivity index (χ3v) is 12.4. The summed E-state index contributed by atoms with van der Waals surface area (Å²) in [6.45, 7) is 1.89. The van der Waals surface area contributed by atoms with Crippen LogP contribution in [0.15, 0.2) is 115 Å². The first-order valence-electron chi connectivity index (χ1n) is 9.40. The van der Waals surface area contributed by atoms with E-state index in [1.807, 2.05) is 0 Å². The molecular formula is C26H26BrP. The number of aryl methyl sites for hydroxylation is 1. The summed E-state index contributed by atoms with van der Waals surface area (Å²) >= 11 is 0. The van der Waals surface area contributed by atoms with Gasteiger partial charge in [0.15, 0.2) is 0 Å². The fourth-order valence-corrected chi connectivity index (χ4v) is 10.4. The molecule has 0 spiro atoms. The van der Waals surface area contributed by atoms with Gasteiger partial charge < -0.3 is 0 Å². The second kappa shape index (κ2) is 8.03. The zero-order chi connectivity index (χ0) is 18.8.